The SMILES string of the molecule is N#Cc1ccc(-c2ccc([C@H]3CC[C@H](/C=C/CCCF)CC3)cc2)cc1F. The molecule has 0 bridgehead atoms. The van der Waals surface area contributed by atoms with E-state index >= 15 is 0 Å². The molecule has 0 radical (unpaired) electrons. The van der Waals surface area contributed by atoms with Gasteiger partial charge in [-0.2, -0.15) is 5.26 Å². The largest absolute Gasteiger partial charge is 0.251 e. The van der Waals surface area contributed by atoms with Crippen molar-refractivity contribution >= 4 is 0 Å². The lowest BCUT2D eigenvalue weighted by Gasteiger charge is -2.27. The molecule has 1 nitrogen and oxygen atoms in total. The van der Waals surface area contributed by atoms with Crippen LogP contribution in [0.25, 0.3) is 11.1 Å². The predicted octanol–water partition coefficient (Wildman–Crippen LogP) is 6.94. The van der Waals surface area contributed by atoms with Crippen molar-refractivity contribution in [3.05, 3.63) is 71.6 Å². The minimum absolute atomic E-state index is 0.0749. The monoisotopic (exact) mass is 365 g/mol. The Hall–Kier alpha value is -2.47. The molecule has 0 amide bonds. The van der Waals surface area contributed by atoms with Crippen LogP contribution in [0.2, 0.25) is 0 Å². The molecule has 3 heteroatoms. The highest BCUT2D eigenvalue weighted by atomic mass is 19.1. The van der Waals surface area contributed by atoms with Crippen molar-refractivity contribution in [1.82, 2.24) is 0 Å². The molecule has 1 aliphatic rings. The lowest BCUT2D eigenvalue weighted by molar-refractivity contribution is 0.375. The van der Waals surface area contributed by atoms with Gasteiger partial charge in [0, 0.05) is 0 Å². The molecule has 0 aliphatic heterocycles. The number of nitrogens with zero attached hydrogens (tertiary/aromatic N) is 1. The number of hydrogen-bond acceptors (Lipinski definition) is 1. The van der Waals surface area contributed by atoms with Crippen LogP contribution in [-0.4, -0.2) is 6.67 Å². The first-order valence-electron chi connectivity index (χ1n) is 9.74. The fraction of sp³-hybridized carbons (Fsp3) is 0.375. The average molecular weight is 365 g/mol. The van der Waals surface area contributed by atoms with E-state index in [1.54, 1.807) is 6.07 Å². The highest BCUT2D eigenvalue weighted by Gasteiger charge is 2.20. The molecule has 0 heterocycles. The molecule has 0 saturated heterocycles. The maximum absolute atomic E-state index is 13.8. The molecule has 2 aromatic rings. The Bertz CT molecular complexity index is 809. The summed E-state index contributed by atoms with van der Waals surface area (Å²) in [5, 5.41) is 8.84. The Morgan fingerprint density at radius 2 is 1.70 bits per heavy atom. The summed E-state index contributed by atoms with van der Waals surface area (Å²) < 4.78 is 26.0. The summed E-state index contributed by atoms with van der Waals surface area (Å²) in [6.45, 7) is -0.234. The third kappa shape index (κ3) is 5.04. The van der Waals surface area contributed by atoms with Gasteiger partial charge in [0.2, 0.25) is 0 Å². The van der Waals surface area contributed by atoms with Crippen molar-refractivity contribution in [3.8, 4) is 17.2 Å². The number of benzene rings is 2. The molecule has 140 valence electrons. The van der Waals surface area contributed by atoms with Gasteiger partial charge in [0.25, 0.3) is 0 Å². The fourth-order valence-corrected chi connectivity index (χ4v) is 3.86. The number of rotatable bonds is 6. The molecule has 0 spiro atoms. The van der Waals surface area contributed by atoms with Crippen LogP contribution in [0.5, 0.6) is 0 Å². The first-order chi connectivity index (χ1) is 13.2. The molecule has 1 fully saturated rings. The summed E-state index contributed by atoms with van der Waals surface area (Å²) in [7, 11) is 0. The summed E-state index contributed by atoms with van der Waals surface area (Å²) in [4.78, 5) is 0. The molecule has 1 aliphatic carbocycles. The molecule has 3 rings (SSSR count). The van der Waals surface area contributed by atoms with E-state index in [1.807, 2.05) is 18.2 Å². The topological polar surface area (TPSA) is 23.8 Å². The van der Waals surface area contributed by atoms with Gasteiger partial charge in [-0.15, -0.1) is 0 Å². The van der Waals surface area contributed by atoms with Crippen LogP contribution >= 0.6 is 0 Å². The zero-order chi connectivity index (χ0) is 19.1. The van der Waals surface area contributed by atoms with Gasteiger partial charge in [-0.25, -0.2) is 4.39 Å². The van der Waals surface area contributed by atoms with Crippen molar-refractivity contribution in [3.63, 3.8) is 0 Å². The summed E-state index contributed by atoms with van der Waals surface area (Å²) in [6, 6.07) is 15.0. The van der Waals surface area contributed by atoms with Gasteiger partial charge < -0.3 is 0 Å². The minimum Gasteiger partial charge on any atom is -0.251 e. The van der Waals surface area contributed by atoms with Gasteiger partial charge in [0.1, 0.15) is 11.9 Å². The maximum atomic E-state index is 13.8. The van der Waals surface area contributed by atoms with Crippen LogP contribution in [0.4, 0.5) is 8.78 Å². The number of allylic oxidation sites excluding steroid dienone is 2. The molecule has 1 saturated carbocycles. The summed E-state index contributed by atoms with van der Waals surface area (Å²) in [6.07, 6.45) is 10.6. The smallest absolute Gasteiger partial charge is 0.141 e. The number of nitriles is 1. The van der Waals surface area contributed by atoms with Crippen molar-refractivity contribution in [2.24, 2.45) is 5.92 Å². The lowest BCUT2D eigenvalue weighted by atomic mass is 9.78. The molecule has 2 aromatic carbocycles. The van der Waals surface area contributed by atoms with E-state index in [1.165, 1.54) is 43.4 Å². The predicted molar refractivity (Wildman–Crippen MR) is 106 cm³/mol. The van der Waals surface area contributed by atoms with Crippen molar-refractivity contribution in [1.29, 1.82) is 5.26 Å². The lowest BCUT2D eigenvalue weighted by Crippen LogP contribution is -2.11. The Morgan fingerprint density at radius 1 is 1.00 bits per heavy atom. The first-order valence-corrected chi connectivity index (χ1v) is 9.74. The van der Waals surface area contributed by atoms with E-state index in [4.69, 9.17) is 5.26 Å². The van der Waals surface area contributed by atoms with Crippen molar-refractivity contribution in [2.75, 3.05) is 6.67 Å². The van der Waals surface area contributed by atoms with Gasteiger partial charge in [0.05, 0.1) is 12.2 Å². The van der Waals surface area contributed by atoms with E-state index in [-0.39, 0.29) is 12.2 Å². The highest BCUT2D eigenvalue weighted by Crippen LogP contribution is 2.37. The van der Waals surface area contributed by atoms with Gasteiger partial charge in [-0.1, -0.05) is 42.5 Å². The van der Waals surface area contributed by atoms with Crippen molar-refractivity contribution < 1.29 is 8.78 Å². The summed E-state index contributed by atoms with van der Waals surface area (Å²) in [5.74, 6) is 0.728. The Morgan fingerprint density at radius 3 is 2.33 bits per heavy atom. The van der Waals surface area contributed by atoms with Crippen LogP contribution in [0.1, 0.15) is 55.6 Å². The second-order valence-electron chi connectivity index (χ2n) is 7.30. The third-order valence-corrected chi connectivity index (χ3v) is 5.49. The number of hydrogen-bond donors (Lipinski definition) is 0. The van der Waals surface area contributed by atoms with Crippen LogP contribution in [-0.2, 0) is 0 Å². The second-order valence-corrected chi connectivity index (χ2v) is 7.30. The summed E-state index contributed by atoms with van der Waals surface area (Å²) >= 11 is 0. The van der Waals surface area contributed by atoms with Crippen LogP contribution in [0.3, 0.4) is 0 Å². The maximum Gasteiger partial charge on any atom is 0.141 e. The van der Waals surface area contributed by atoms with Crippen LogP contribution in [0.15, 0.2) is 54.6 Å². The van der Waals surface area contributed by atoms with Gasteiger partial charge in [-0.3, -0.25) is 4.39 Å². The number of alkyl halides is 1. The van der Waals surface area contributed by atoms with Gasteiger partial charge in [0.15, 0.2) is 0 Å². The quantitative estimate of drug-likeness (QED) is 0.401. The molecule has 27 heavy (non-hydrogen) atoms. The summed E-state index contributed by atoms with van der Waals surface area (Å²) in [5.41, 5.74) is 3.17. The van der Waals surface area contributed by atoms with Crippen molar-refractivity contribution in [2.45, 2.75) is 44.4 Å². The van der Waals surface area contributed by atoms with E-state index in [2.05, 4.69) is 24.3 Å². The minimum atomic E-state index is -0.475. The fourth-order valence-electron chi connectivity index (χ4n) is 3.86. The molecular weight excluding hydrogens is 340 g/mol. The van der Waals surface area contributed by atoms with Gasteiger partial charge in [-0.05, 0) is 79.2 Å². The molecule has 0 N–H and O–H groups in total. The first kappa shape index (κ1) is 19.3. The van der Waals surface area contributed by atoms with Crippen LogP contribution in [0, 0.1) is 23.1 Å². The number of unbranched alkanes of at least 4 members (excludes halogenated alkanes) is 1. The standard InChI is InChI=1S/C24H25F2N/c25-15-3-1-2-4-18-5-7-19(8-6-18)20-9-11-21(12-10-20)22-13-14-23(17-27)24(26)16-22/h2,4,9-14,16,18-19H,1,3,5-8,15H2/b4-2+/t18-,19-. The molecule has 0 aromatic heterocycles. The third-order valence-electron chi connectivity index (χ3n) is 5.49. The van der Waals surface area contributed by atoms with Crippen LogP contribution < -0.4 is 0 Å². The Balaban J connectivity index is 1.59. The zero-order valence-corrected chi connectivity index (χ0v) is 15.5. The second kappa shape index (κ2) is 9.46. The van der Waals surface area contributed by atoms with Gasteiger partial charge >= 0.3 is 0 Å². The average Bonchev–Trinajstić information content (AvgIpc) is 2.72. The Kier molecular flexibility index (Phi) is 6.76. The highest BCUT2D eigenvalue weighted by molar-refractivity contribution is 5.64. The van der Waals surface area contributed by atoms with E-state index in [9.17, 15) is 8.78 Å². The molecular formula is C24H25F2N. The Labute approximate surface area is 160 Å². The van der Waals surface area contributed by atoms with E-state index in [0.717, 1.165) is 17.5 Å². The number of halogens is 2. The molecule has 0 unspecified atom stereocenters. The van der Waals surface area contributed by atoms with E-state index in [0.29, 0.717) is 18.3 Å². The molecule has 0 atom stereocenters. The van der Waals surface area contributed by atoms with E-state index < -0.39 is 5.82 Å². The zero-order valence-electron chi connectivity index (χ0n) is 15.5. The normalized spacial score (nSPS) is 19.9.